The summed E-state index contributed by atoms with van der Waals surface area (Å²) in [5.41, 5.74) is 2.64. The third-order valence-electron chi connectivity index (χ3n) is 8.05. The largest absolute Gasteiger partial charge is 0.375 e. The Kier molecular flexibility index (Phi) is 7.54. The van der Waals surface area contributed by atoms with Crippen LogP contribution in [-0.2, 0) is 17.7 Å². The fourth-order valence-electron chi connectivity index (χ4n) is 6.19. The van der Waals surface area contributed by atoms with Crippen LogP contribution in [0.4, 0.5) is 0 Å². The molecule has 1 spiro atoms. The molecule has 0 bridgehead atoms. The number of rotatable bonds is 6. The Morgan fingerprint density at radius 2 is 1.82 bits per heavy atom. The van der Waals surface area contributed by atoms with Crippen LogP contribution in [-0.4, -0.2) is 54.7 Å². The van der Waals surface area contributed by atoms with Crippen molar-refractivity contribution in [3.63, 3.8) is 0 Å². The molecule has 3 aliphatic rings. The minimum absolute atomic E-state index is 0.0918. The number of nitrogens with zero attached hydrogens (tertiary/aromatic N) is 2. The molecule has 3 nitrogen and oxygen atoms in total. The third-order valence-corrected chi connectivity index (χ3v) is 8.64. The molecule has 2 aromatic carbocycles. The van der Waals surface area contributed by atoms with E-state index in [4.69, 9.17) is 34.4 Å². The highest BCUT2D eigenvalue weighted by molar-refractivity contribution is 6.35. The molecule has 5 rings (SSSR count). The Morgan fingerprint density at radius 1 is 1.03 bits per heavy atom. The van der Waals surface area contributed by atoms with Gasteiger partial charge in [0.15, 0.2) is 0 Å². The summed E-state index contributed by atoms with van der Waals surface area (Å²) in [5, 5.41) is 1.41. The highest BCUT2D eigenvalue weighted by Crippen LogP contribution is 2.40. The van der Waals surface area contributed by atoms with Gasteiger partial charge in [0.1, 0.15) is 0 Å². The molecule has 0 aliphatic carbocycles. The molecule has 0 radical (unpaired) electrons. The van der Waals surface area contributed by atoms with Crippen LogP contribution in [0.1, 0.15) is 30.4 Å². The fourth-order valence-corrected chi connectivity index (χ4v) is 6.66. The van der Waals surface area contributed by atoms with Crippen LogP contribution >= 0.6 is 23.2 Å². The summed E-state index contributed by atoms with van der Waals surface area (Å²) < 4.78 is 6.44. The van der Waals surface area contributed by atoms with Crippen LogP contribution in [0, 0.1) is 30.1 Å². The highest BCUT2D eigenvalue weighted by atomic mass is 35.5. The van der Waals surface area contributed by atoms with Gasteiger partial charge in [-0.15, -0.1) is 12.3 Å². The summed E-state index contributed by atoms with van der Waals surface area (Å²) in [5.74, 6) is 4.51. The lowest BCUT2D eigenvalue weighted by atomic mass is 9.83. The third kappa shape index (κ3) is 5.64. The molecular weight excluding hydrogens is 463 g/mol. The molecule has 5 heteroatoms. The van der Waals surface area contributed by atoms with Crippen LogP contribution in [0.3, 0.4) is 0 Å². The number of ether oxygens (including phenoxy) is 1. The van der Waals surface area contributed by atoms with E-state index in [1.807, 2.05) is 18.2 Å². The number of piperidine rings is 1. The van der Waals surface area contributed by atoms with Gasteiger partial charge in [-0.05, 0) is 60.8 Å². The van der Waals surface area contributed by atoms with Crippen molar-refractivity contribution < 1.29 is 4.74 Å². The number of hydrogen-bond acceptors (Lipinski definition) is 3. The van der Waals surface area contributed by atoms with E-state index in [-0.39, 0.29) is 5.60 Å². The number of likely N-dealkylation sites (tertiary alicyclic amines) is 2. The Bertz CT molecular complexity index is 1010. The van der Waals surface area contributed by atoms with E-state index in [0.29, 0.717) is 22.8 Å². The zero-order valence-electron chi connectivity index (χ0n) is 19.8. The average Bonchev–Trinajstić information content (AvgIpc) is 3.41. The van der Waals surface area contributed by atoms with Crippen LogP contribution in [0.2, 0.25) is 10.0 Å². The standard InChI is InChI=1S/C29H34Cl2N2O/c1-2-24-17-33(18-25-8-9-27(30)15-28(25)31)20-26(24)19-32-12-10-29(11-13-32)16-23(21-34-29)14-22-6-4-3-5-7-22/h1,3-9,15,23-24,26H,10-14,16-21H2/t23?,24-,26-/m0/s1. The minimum Gasteiger partial charge on any atom is -0.375 e. The van der Waals surface area contributed by atoms with Crippen molar-refractivity contribution in [3.05, 3.63) is 69.7 Å². The second-order valence-electron chi connectivity index (χ2n) is 10.5. The summed E-state index contributed by atoms with van der Waals surface area (Å²) in [6, 6.07) is 16.6. The van der Waals surface area contributed by atoms with Crippen molar-refractivity contribution in [3.8, 4) is 12.3 Å². The average molecular weight is 498 g/mol. The van der Waals surface area contributed by atoms with Crippen LogP contribution < -0.4 is 0 Å². The molecule has 1 unspecified atom stereocenters. The van der Waals surface area contributed by atoms with E-state index in [2.05, 4.69) is 46.1 Å². The zero-order chi connectivity index (χ0) is 23.5. The van der Waals surface area contributed by atoms with Gasteiger partial charge < -0.3 is 9.64 Å². The number of halogens is 2. The first-order valence-corrected chi connectivity index (χ1v) is 13.3. The Balaban J connectivity index is 1.11. The van der Waals surface area contributed by atoms with Gasteiger partial charge >= 0.3 is 0 Å². The SMILES string of the molecule is C#C[C@H]1CN(Cc2ccc(Cl)cc2Cl)C[C@@H]1CN1CCC2(CC1)CC(Cc1ccccc1)CO2. The van der Waals surface area contributed by atoms with Crippen LogP contribution in [0.5, 0.6) is 0 Å². The normalized spacial score (nSPS) is 27.3. The van der Waals surface area contributed by atoms with Crippen molar-refractivity contribution >= 4 is 23.2 Å². The smallest absolute Gasteiger partial charge is 0.0710 e. The van der Waals surface area contributed by atoms with Gasteiger partial charge in [-0.1, -0.05) is 59.6 Å². The lowest BCUT2D eigenvalue weighted by molar-refractivity contribution is -0.0459. The lowest BCUT2D eigenvalue weighted by Crippen LogP contribution is -2.46. The predicted octanol–water partition coefficient (Wildman–Crippen LogP) is 5.79. The molecule has 34 heavy (non-hydrogen) atoms. The summed E-state index contributed by atoms with van der Waals surface area (Å²) in [6.07, 6.45) is 10.5. The van der Waals surface area contributed by atoms with E-state index < -0.39 is 0 Å². The predicted molar refractivity (Wildman–Crippen MR) is 140 cm³/mol. The number of benzene rings is 2. The Morgan fingerprint density at radius 3 is 2.56 bits per heavy atom. The van der Waals surface area contributed by atoms with Crippen molar-refractivity contribution in [1.29, 1.82) is 0 Å². The molecule has 3 aliphatic heterocycles. The van der Waals surface area contributed by atoms with Crippen molar-refractivity contribution in [2.45, 2.75) is 37.8 Å². The molecule has 3 heterocycles. The minimum atomic E-state index is 0.0918. The molecule has 0 amide bonds. The molecule has 0 N–H and O–H groups in total. The second-order valence-corrected chi connectivity index (χ2v) is 11.4. The molecule has 3 fully saturated rings. The van der Waals surface area contributed by atoms with Gasteiger partial charge in [0.25, 0.3) is 0 Å². The molecule has 0 aromatic heterocycles. The Labute approximate surface area is 214 Å². The molecule has 2 aromatic rings. The van der Waals surface area contributed by atoms with Gasteiger partial charge in [-0.25, -0.2) is 0 Å². The zero-order valence-corrected chi connectivity index (χ0v) is 21.3. The molecule has 3 saturated heterocycles. The van der Waals surface area contributed by atoms with Gasteiger partial charge in [-0.3, -0.25) is 4.90 Å². The van der Waals surface area contributed by atoms with Crippen molar-refractivity contribution in [1.82, 2.24) is 9.80 Å². The van der Waals surface area contributed by atoms with Crippen LogP contribution in [0.15, 0.2) is 48.5 Å². The maximum absolute atomic E-state index is 6.44. The highest BCUT2D eigenvalue weighted by Gasteiger charge is 2.43. The van der Waals surface area contributed by atoms with Gasteiger partial charge in [0, 0.05) is 55.2 Å². The molecular formula is C29H34Cl2N2O. The summed E-state index contributed by atoms with van der Waals surface area (Å²) in [4.78, 5) is 5.07. The van der Waals surface area contributed by atoms with E-state index in [9.17, 15) is 0 Å². The fraction of sp³-hybridized carbons (Fsp3) is 0.517. The monoisotopic (exact) mass is 496 g/mol. The topological polar surface area (TPSA) is 15.7 Å². The maximum Gasteiger partial charge on any atom is 0.0710 e. The maximum atomic E-state index is 6.44. The second kappa shape index (κ2) is 10.6. The van der Waals surface area contributed by atoms with E-state index >= 15 is 0 Å². The number of terminal acetylenes is 1. The quantitative estimate of drug-likeness (QED) is 0.470. The first kappa shape index (κ1) is 24.2. The van der Waals surface area contributed by atoms with Crippen LogP contribution in [0.25, 0.3) is 0 Å². The molecule has 180 valence electrons. The van der Waals surface area contributed by atoms with Gasteiger partial charge in [0.2, 0.25) is 0 Å². The van der Waals surface area contributed by atoms with Crippen molar-refractivity contribution in [2.24, 2.45) is 17.8 Å². The number of hydrogen-bond donors (Lipinski definition) is 0. The summed E-state index contributed by atoms with van der Waals surface area (Å²) in [6.45, 7) is 6.96. The van der Waals surface area contributed by atoms with Crippen molar-refractivity contribution in [2.75, 3.05) is 39.3 Å². The summed E-state index contributed by atoms with van der Waals surface area (Å²) in [7, 11) is 0. The van der Waals surface area contributed by atoms with Gasteiger partial charge in [-0.2, -0.15) is 0 Å². The van der Waals surface area contributed by atoms with E-state index in [1.165, 1.54) is 12.0 Å². The molecule has 3 atom stereocenters. The summed E-state index contributed by atoms with van der Waals surface area (Å²) >= 11 is 12.5. The molecule has 0 saturated carbocycles. The van der Waals surface area contributed by atoms with E-state index in [0.717, 1.165) is 75.7 Å². The van der Waals surface area contributed by atoms with Gasteiger partial charge in [0.05, 0.1) is 12.2 Å². The Hall–Kier alpha value is -1.54. The van der Waals surface area contributed by atoms with E-state index in [1.54, 1.807) is 0 Å². The first-order chi connectivity index (χ1) is 16.5. The first-order valence-electron chi connectivity index (χ1n) is 12.5. The lowest BCUT2D eigenvalue weighted by Gasteiger charge is -2.40.